The van der Waals surface area contributed by atoms with Gasteiger partial charge >= 0.3 is 0 Å². The second-order valence-electron chi connectivity index (χ2n) is 3.85. The fourth-order valence-electron chi connectivity index (χ4n) is 1.63. The molecule has 2 rings (SSSR count). The van der Waals surface area contributed by atoms with Gasteiger partial charge in [0.15, 0.2) is 5.82 Å². The topological polar surface area (TPSA) is 29.1 Å². The highest BCUT2D eigenvalue weighted by atomic mass is 35.5. The van der Waals surface area contributed by atoms with Crippen LogP contribution in [-0.4, -0.2) is 5.91 Å². The van der Waals surface area contributed by atoms with Crippen molar-refractivity contribution < 1.29 is 9.18 Å². The summed E-state index contributed by atoms with van der Waals surface area (Å²) in [6.07, 6.45) is 0. The van der Waals surface area contributed by atoms with E-state index in [4.69, 9.17) is 23.2 Å². The minimum absolute atomic E-state index is 0.0849. The molecular formula is C14H10Cl2FNO. The van der Waals surface area contributed by atoms with Crippen molar-refractivity contribution in [3.05, 3.63) is 64.4 Å². The van der Waals surface area contributed by atoms with E-state index in [-0.39, 0.29) is 16.5 Å². The lowest BCUT2D eigenvalue weighted by Gasteiger charge is -2.10. The number of benzene rings is 2. The van der Waals surface area contributed by atoms with Crippen LogP contribution in [0, 0.1) is 5.82 Å². The van der Waals surface area contributed by atoms with Crippen molar-refractivity contribution in [3.8, 4) is 0 Å². The van der Waals surface area contributed by atoms with Gasteiger partial charge < -0.3 is 5.32 Å². The lowest BCUT2D eigenvalue weighted by atomic mass is 10.1. The molecule has 0 radical (unpaired) electrons. The van der Waals surface area contributed by atoms with Gasteiger partial charge in [-0.15, -0.1) is 11.6 Å². The summed E-state index contributed by atoms with van der Waals surface area (Å²) in [6.45, 7) is 0. The Kier molecular flexibility index (Phi) is 4.40. The third kappa shape index (κ3) is 3.06. The van der Waals surface area contributed by atoms with Crippen LogP contribution in [0.1, 0.15) is 15.9 Å². The third-order valence-corrected chi connectivity index (χ3v) is 3.19. The Morgan fingerprint density at radius 2 is 1.89 bits per heavy atom. The molecule has 2 nitrogen and oxygen atoms in total. The number of nitrogens with one attached hydrogen (secondary N) is 1. The summed E-state index contributed by atoms with van der Waals surface area (Å²) in [5, 5.41) is 2.54. The number of alkyl halides is 1. The molecule has 98 valence electrons. The smallest absolute Gasteiger partial charge is 0.258 e. The third-order valence-electron chi connectivity index (χ3n) is 2.61. The van der Waals surface area contributed by atoms with Gasteiger partial charge in [-0.1, -0.05) is 35.9 Å². The normalized spacial score (nSPS) is 10.3. The molecule has 0 atom stereocenters. The Morgan fingerprint density at radius 3 is 2.63 bits per heavy atom. The van der Waals surface area contributed by atoms with Gasteiger partial charge in [0.1, 0.15) is 0 Å². The van der Waals surface area contributed by atoms with E-state index in [1.54, 1.807) is 18.2 Å². The molecule has 1 amide bonds. The van der Waals surface area contributed by atoms with Crippen molar-refractivity contribution >= 4 is 34.8 Å². The molecule has 0 aliphatic carbocycles. The first-order valence-electron chi connectivity index (χ1n) is 5.52. The monoisotopic (exact) mass is 297 g/mol. The van der Waals surface area contributed by atoms with Crippen LogP contribution in [0.15, 0.2) is 42.5 Å². The van der Waals surface area contributed by atoms with Crippen molar-refractivity contribution in [3.63, 3.8) is 0 Å². The molecule has 2 aromatic rings. The van der Waals surface area contributed by atoms with E-state index in [1.807, 2.05) is 6.07 Å². The SMILES string of the molecule is O=C(Nc1ccccc1CCl)c1cccc(Cl)c1F. The van der Waals surface area contributed by atoms with Gasteiger partial charge in [0.2, 0.25) is 0 Å². The lowest BCUT2D eigenvalue weighted by Crippen LogP contribution is -2.14. The molecule has 2 aromatic carbocycles. The molecule has 0 fully saturated rings. The first kappa shape index (κ1) is 13.8. The van der Waals surface area contributed by atoms with Crippen LogP contribution in [0.4, 0.5) is 10.1 Å². The highest BCUT2D eigenvalue weighted by Crippen LogP contribution is 2.21. The standard InChI is InChI=1S/C14H10Cl2FNO/c15-8-9-4-1-2-7-12(9)18-14(19)10-5-3-6-11(16)13(10)17/h1-7H,8H2,(H,18,19). The first-order valence-corrected chi connectivity index (χ1v) is 6.44. The summed E-state index contributed by atoms with van der Waals surface area (Å²) in [7, 11) is 0. The zero-order valence-electron chi connectivity index (χ0n) is 9.79. The van der Waals surface area contributed by atoms with Crippen LogP contribution in [0.5, 0.6) is 0 Å². The molecule has 0 spiro atoms. The minimum atomic E-state index is -0.731. The Balaban J connectivity index is 2.28. The number of carbonyl (C=O) groups is 1. The summed E-state index contributed by atoms with van der Waals surface area (Å²) >= 11 is 11.4. The predicted molar refractivity (Wildman–Crippen MR) is 75.4 cm³/mol. The van der Waals surface area contributed by atoms with E-state index >= 15 is 0 Å². The number of hydrogen-bond donors (Lipinski definition) is 1. The van der Waals surface area contributed by atoms with Gasteiger partial charge in [0, 0.05) is 11.6 Å². The van der Waals surface area contributed by atoms with E-state index in [2.05, 4.69) is 5.32 Å². The molecule has 0 heterocycles. The van der Waals surface area contributed by atoms with Crippen LogP contribution in [0.25, 0.3) is 0 Å². The van der Waals surface area contributed by atoms with Crippen LogP contribution >= 0.6 is 23.2 Å². The summed E-state index contributed by atoms with van der Waals surface area (Å²) in [6, 6.07) is 11.4. The van der Waals surface area contributed by atoms with Gasteiger partial charge in [-0.3, -0.25) is 4.79 Å². The molecule has 0 saturated heterocycles. The number of para-hydroxylation sites is 1. The Bertz CT molecular complexity index is 616. The minimum Gasteiger partial charge on any atom is -0.322 e. The average Bonchev–Trinajstić information content (AvgIpc) is 2.42. The van der Waals surface area contributed by atoms with Gasteiger partial charge in [0.05, 0.1) is 10.6 Å². The van der Waals surface area contributed by atoms with Crippen LogP contribution in [0.3, 0.4) is 0 Å². The van der Waals surface area contributed by atoms with Crippen molar-refractivity contribution in [2.75, 3.05) is 5.32 Å². The van der Waals surface area contributed by atoms with Crippen LogP contribution < -0.4 is 5.32 Å². The molecule has 0 aliphatic heterocycles. The fraction of sp³-hybridized carbons (Fsp3) is 0.0714. The quantitative estimate of drug-likeness (QED) is 0.832. The number of carbonyl (C=O) groups excluding carboxylic acids is 1. The molecule has 0 saturated carbocycles. The average molecular weight is 298 g/mol. The summed E-state index contributed by atoms with van der Waals surface area (Å²) in [5.41, 5.74) is 1.22. The van der Waals surface area contributed by atoms with Crippen LogP contribution in [-0.2, 0) is 5.88 Å². The van der Waals surface area contributed by atoms with Gasteiger partial charge in [-0.05, 0) is 23.8 Å². The number of halogens is 3. The maximum Gasteiger partial charge on any atom is 0.258 e. The summed E-state index contributed by atoms with van der Waals surface area (Å²) in [5.74, 6) is -1.03. The van der Waals surface area contributed by atoms with Crippen molar-refractivity contribution in [2.24, 2.45) is 0 Å². The maximum atomic E-state index is 13.7. The second-order valence-corrected chi connectivity index (χ2v) is 4.52. The Labute approximate surface area is 120 Å². The maximum absolute atomic E-state index is 13.7. The van der Waals surface area contributed by atoms with E-state index in [0.717, 1.165) is 5.56 Å². The van der Waals surface area contributed by atoms with E-state index in [9.17, 15) is 9.18 Å². The van der Waals surface area contributed by atoms with Crippen molar-refractivity contribution in [2.45, 2.75) is 5.88 Å². The number of rotatable bonds is 3. The summed E-state index contributed by atoms with van der Waals surface area (Å²) in [4.78, 5) is 12.0. The van der Waals surface area contributed by atoms with Gasteiger partial charge in [0.25, 0.3) is 5.91 Å². The fourth-order valence-corrected chi connectivity index (χ4v) is 2.04. The molecule has 0 bridgehead atoms. The first-order chi connectivity index (χ1) is 9.13. The molecule has 5 heteroatoms. The number of hydrogen-bond acceptors (Lipinski definition) is 1. The molecule has 0 unspecified atom stereocenters. The molecular weight excluding hydrogens is 288 g/mol. The molecule has 0 aliphatic rings. The number of anilines is 1. The predicted octanol–water partition coefficient (Wildman–Crippen LogP) is 4.47. The van der Waals surface area contributed by atoms with Crippen molar-refractivity contribution in [1.82, 2.24) is 0 Å². The second kappa shape index (κ2) is 6.04. The highest BCUT2D eigenvalue weighted by Gasteiger charge is 2.15. The Morgan fingerprint density at radius 1 is 1.16 bits per heavy atom. The van der Waals surface area contributed by atoms with E-state index in [1.165, 1.54) is 18.2 Å². The highest BCUT2D eigenvalue weighted by molar-refractivity contribution is 6.31. The lowest BCUT2D eigenvalue weighted by molar-refractivity contribution is 0.102. The van der Waals surface area contributed by atoms with Gasteiger partial charge in [-0.25, -0.2) is 4.39 Å². The molecule has 19 heavy (non-hydrogen) atoms. The van der Waals surface area contributed by atoms with E-state index in [0.29, 0.717) is 5.69 Å². The summed E-state index contributed by atoms with van der Waals surface area (Å²) < 4.78 is 13.7. The molecule has 0 aromatic heterocycles. The molecule has 1 N–H and O–H groups in total. The van der Waals surface area contributed by atoms with Crippen LogP contribution in [0.2, 0.25) is 5.02 Å². The number of amides is 1. The largest absolute Gasteiger partial charge is 0.322 e. The van der Waals surface area contributed by atoms with E-state index < -0.39 is 11.7 Å². The zero-order chi connectivity index (χ0) is 13.8. The Hall–Kier alpha value is -1.58. The van der Waals surface area contributed by atoms with Crippen molar-refractivity contribution in [1.29, 1.82) is 0 Å². The van der Waals surface area contributed by atoms with Gasteiger partial charge in [-0.2, -0.15) is 0 Å². The zero-order valence-corrected chi connectivity index (χ0v) is 11.3.